The van der Waals surface area contributed by atoms with Crippen molar-refractivity contribution >= 4 is 17.7 Å². The first-order valence-electron chi connectivity index (χ1n) is 10.2. The third-order valence-corrected chi connectivity index (χ3v) is 6.41. The Morgan fingerprint density at radius 2 is 1.94 bits per heavy atom. The third kappa shape index (κ3) is 4.85. The van der Waals surface area contributed by atoms with Gasteiger partial charge in [0, 0.05) is 20.1 Å². The second-order valence-electron chi connectivity index (χ2n) is 7.52. The lowest BCUT2D eigenvalue weighted by Gasteiger charge is -2.28. The smallest absolute Gasteiger partial charge is 0.233 e. The molecule has 1 aromatic heterocycles. The molecule has 1 amide bonds. The molecule has 0 N–H and O–H groups in total. The van der Waals surface area contributed by atoms with E-state index < -0.39 is 0 Å². The zero-order chi connectivity index (χ0) is 21.8. The van der Waals surface area contributed by atoms with Crippen molar-refractivity contribution in [2.75, 3.05) is 19.4 Å². The number of carbonyl (C=O) groups is 1. The number of rotatable bonds is 7. The number of aryl methyl sites for hydroxylation is 1. The van der Waals surface area contributed by atoms with Crippen molar-refractivity contribution < 1.29 is 14.3 Å². The van der Waals surface area contributed by atoms with Crippen LogP contribution < -0.4 is 9.47 Å². The van der Waals surface area contributed by atoms with E-state index in [-0.39, 0.29) is 12.5 Å². The highest BCUT2D eigenvalue weighted by atomic mass is 32.2. The van der Waals surface area contributed by atoms with Gasteiger partial charge in [-0.1, -0.05) is 42.1 Å². The van der Waals surface area contributed by atoms with Crippen LogP contribution in [0.3, 0.4) is 0 Å². The molecular formula is C23H26N4O3S. The van der Waals surface area contributed by atoms with Gasteiger partial charge in [0.25, 0.3) is 0 Å². The number of benzene rings is 2. The molecule has 162 valence electrons. The molecule has 0 aliphatic carbocycles. The minimum atomic E-state index is 0.115. The lowest BCUT2D eigenvalue weighted by molar-refractivity contribution is -0.129. The van der Waals surface area contributed by atoms with Crippen molar-refractivity contribution in [2.24, 2.45) is 7.05 Å². The standard InChI is InChI=1S/C23H26N4O3S/c1-16-8-9-19(20(12-16)29-3)30-14-21-24-25-23(26(21)2)31-15-22(28)27-11-10-17-6-4-5-7-18(17)13-27/h4-9,12H,10-11,13-15H2,1-3H3. The van der Waals surface area contributed by atoms with E-state index >= 15 is 0 Å². The predicted octanol–water partition coefficient (Wildman–Crippen LogP) is 3.39. The summed E-state index contributed by atoms with van der Waals surface area (Å²) in [6, 6.07) is 14.1. The second-order valence-corrected chi connectivity index (χ2v) is 8.47. The Kier molecular flexibility index (Phi) is 6.46. The maximum atomic E-state index is 12.7. The molecule has 1 aliphatic heterocycles. The molecule has 0 fully saturated rings. The Hall–Kier alpha value is -3.00. The fourth-order valence-electron chi connectivity index (χ4n) is 3.56. The normalized spacial score (nSPS) is 13.1. The van der Waals surface area contributed by atoms with Gasteiger partial charge in [-0.25, -0.2) is 0 Å². The van der Waals surface area contributed by atoms with E-state index in [9.17, 15) is 4.79 Å². The van der Waals surface area contributed by atoms with Gasteiger partial charge in [-0.15, -0.1) is 10.2 Å². The fourth-order valence-corrected chi connectivity index (χ4v) is 4.39. The summed E-state index contributed by atoms with van der Waals surface area (Å²) >= 11 is 1.40. The topological polar surface area (TPSA) is 69.5 Å². The molecule has 0 atom stereocenters. The largest absolute Gasteiger partial charge is 0.493 e. The Balaban J connectivity index is 1.33. The SMILES string of the molecule is COc1cc(C)ccc1OCc1nnc(SCC(=O)N2CCc3ccccc3C2)n1C. The molecule has 0 saturated heterocycles. The number of nitrogens with zero attached hydrogens (tertiary/aromatic N) is 4. The number of ether oxygens (including phenoxy) is 2. The molecule has 0 radical (unpaired) electrons. The number of hydrogen-bond acceptors (Lipinski definition) is 6. The van der Waals surface area contributed by atoms with Gasteiger partial charge in [0.1, 0.15) is 6.61 Å². The van der Waals surface area contributed by atoms with Crippen LogP contribution in [-0.2, 0) is 31.4 Å². The Morgan fingerprint density at radius 3 is 2.74 bits per heavy atom. The van der Waals surface area contributed by atoms with Gasteiger partial charge in [0.05, 0.1) is 12.9 Å². The molecule has 0 spiro atoms. The minimum absolute atomic E-state index is 0.115. The average Bonchev–Trinajstić information content (AvgIpc) is 3.15. The lowest BCUT2D eigenvalue weighted by Crippen LogP contribution is -2.37. The summed E-state index contributed by atoms with van der Waals surface area (Å²) in [6.07, 6.45) is 0.903. The highest BCUT2D eigenvalue weighted by Crippen LogP contribution is 2.28. The molecule has 0 unspecified atom stereocenters. The van der Waals surface area contributed by atoms with E-state index in [2.05, 4.69) is 28.4 Å². The number of hydrogen-bond donors (Lipinski definition) is 0. The van der Waals surface area contributed by atoms with Crippen molar-refractivity contribution in [1.29, 1.82) is 0 Å². The summed E-state index contributed by atoms with van der Waals surface area (Å²) in [5, 5.41) is 9.15. The molecule has 4 rings (SSSR count). The molecular weight excluding hydrogens is 412 g/mol. The summed E-state index contributed by atoms with van der Waals surface area (Å²) in [5.74, 6) is 2.48. The van der Waals surface area contributed by atoms with E-state index in [1.807, 2.05) is 47.7 Å². The zero-order valence-electron chi connectivity index (χ0n) is 18.0. The molecule has 31 heavy (non-hydrogen) atoms. The summed E-state index contributed by atoms with van der Waals surface area (Å²) in [4.78, 5) is 14.6. The first kappa shape index (κ1) is 21.2. The molecule has 2 heterocycles. The monoisotopic (exact) mass is 438 g/mol. The Morgan fingerprint density at radius 1 is 1.13 bits per heavy atom. The lowest BCUT2D eigenvalue weighted by atomic mass is 10.00. The fraction of sp³-hybridized carbons (Fsp3) is 0.348. The first-order valence-corrected chi connectivity index (χ1v) is 11.2. The molecule has 0 bridgehead atoms. The van der Waals surface area contributed by atoms with Crippen LogP contribution in [0.15, 0.2) is 47.6 Å². The van der Waals surface area contributed by atoms with Gasteiger partial charge < -0.3 is 18.9 Å². The van der Waals surface area contributed by atoms with Gasteiger partial charge in [-0.2, -0.15) is 0 Å². The van der Waals surface area contributed by atoms with Crippen LogP contribution in [0.4, 0.5) is 0 Å². The van der Waals surface area contributed by atoms with Crippen LogP contribution in [0.1, 0.15) is 22.5 Å². The summed E-state index contributed by atoms with van der Waals surface area (Å²) in [7, 11) is 3.51. The number of methoxy groups -OCH3 is 1. The van der Waals surface area contributed by atoms with Gasteiger partial charge in [-0.05, 0) is 42.2 Å². The minimum Gasteiger partial charge on any atom is -0.493 e. The second kappa shape index (κ2) is 9.43. The van der Waals surface area contributed by atoms with Crippen LogP contribution >= 0.6 is 11.8 Å². The molecule has 7 nitrogen and oxygen atoms in total. The van der Waals surface area contributed by atoms with Crippen LogP contribution in [0.2, 0.25) is 0 Å². The van der Waals surface area contributed by atoms with Gasteiger partial charge in [-0.3, -0.25) is 4.79 Å². The predicted molar refractivity (Wildman–Crippen MR) is 119 cm³/mol. The van der Waals surface area contributed by atoms with Gasteiger partial charge >= 0.3 is 0 Å². The van der Waals surface area contributed by atoms with Crippen molar-refractivity contribution in [3.05, 3.63) is 65.0 Å². The summed E-state index contributed by atoms with van der Waals surface area (Å²) in [6.45, 7) is 3.70. The number of aromatic nitrogens is 3. The van der Waals surface area contributed by atoms with Crippen LogP contribution in [0.5, 0.6) is 11.5 Å². The van der Waals surface area contributed by atoms with Crippen molar-refractivity contribution in [3.8, 4) is 11.5 Å². The summed E-state index contributed by atoms with van der Waals surface area (Å²) < 4.78 is 13.1. The van der Waals surface area contributed by atoms with E-state index in [1.165, 1.54) is 22.9 Å². The number of thioether (sulfide) groups is 1. The maximum absolute atomic E-state index is 12.7. The van der Waals surface area contributed by atoms with Crippen LogP contribution in [0, 0.1) is 6.92 Å². The van der Waals surface area contributed by atoms with Gasteiger partial charge in [0.15, 0.2) is 22.5 Å². The maximum Gasteiger partial charge on any atom is 0.233 e. The molecule has 3 aromatic rings. The van der Waals surface area contributed by atoms with Crippen molar-refractivity contribution in [1.82, 2.24) is 19.7 Å². The quantitative estimate of drug-likeness (QED) is 0.527. The van der Waals surface area contributed by atoms with E-state index in [4.69, 9.17) is 9.47 Å². The number of carbonyl (C=O) groups excluding carboxylic acids is 1. The number of amides is 1. The molecule has 1 aliphatic rings. The van der Waals surface area contributed by atoms with Crippen LogP contribution in [0.25, 0.3) is 0 Å². The van der Waals surface area contributed by atoms with Crippen molar-refractivity contribution in [2.45, 2.75) is 31.7 Å². The average molecular weight is 439 g/mol. The third-order valence-electron chi connectivity index (χ3n) is 5.41. The highest BCUT2D eigenvalue weighted by molar-refractivity contribution is 7.99. The summed E-state index contributed by atoms with van der Waals surface area (Å²) in [5.41, 5.74) is 3.67. The van der Waals surface area contributed by atoms with E-state index in [0.717, 1.165) is 18.5 Å². The molecule has 2 aromatic carbocycles. The van der Waals surface area contributed by atoms with Crippen LogP contribution in [-0.4, -0.2) is 45.0 Å². The van der Waals surface area contributed by atoms with Crippen molar-refractivity contribution in [3.63, 3.8) is 0 Å². The van der Waals surface area contributed by atoms with E-state index in [0.29, 0.717) is 34.8 Å². The molecule has 8 heteroatoms. The Bertz CT molecular complexity index is 1080. The van der Waals surface area contributed by atoms with E-state index in [1.54, 1.807) is 7.11 Å². The first-order chi connectivity index (χ1) is 15.0. The van der Waals surface area contributed by atoms with Gasteiger partial charge in [0.2, 0.25) is 5.91 Å². The number of fused-ring (bicyclic) bond motifs is 1. The Labute approximate surface area is 186 Å². The zero-order valence-corrected chi connectivity index (χ0v) is 18.8. The highest BCUT2D eigenvalue weighted by Gasteiger charge is 2.21. The molecule has 0 saturated carbocycles.